The highest BCUT2D eigenvalue weighted by Gasteiger charge is 2.63. The Bertz CT molecular complexity index is 200. The van der Waals surface area contributed by atoms with Crippen molar-refractivity contribution in [3.8, 4) is 0 Å². The summed E-state index contributed by atoms with van der Waals surface area (Å²) in [5.41, 5.74) is 0.966. The minimum absolute atomic E-state index is 0.483. The Morgan fingerprint density at radius 3 is 2.12 bits per heavy atom. The van der Waals surface area contributed by atoms with Gasteiger partial charge in [0, 0.05) is 13.7 Å². The molecule has 0 aromatic heterocycles. The molecule has 0 saturated heterocycles. The van der Waals surface area contributed by atoms with Crippen molar-refractivity contribution in [3.05, 3.63) is 0 Å². The van der Waals surface area contributed by atoms with Crippen LogP contribution in [0.1, 0.15) is 27.7 Å². The molecule has 1 aliphatic carbocycles. The van der Waals surface area contributed by atoms with Crippen molar-refractivity contribution in [2.75, 3.05) is 40.0 Å². The molecule has 96 valence electrons. The van der Waals surface area contributed by atoms with Crippen LogP contribution in [0.5, 0.6) is 0 Å². The predicted molar refractivity (Wildman–Crippen MR) is 66.6 cm³/mol. The number of hydrogen-bond acceptors (Lipinski definition) is 3. The third-order valence-electron chi connectivity index (χ3n) is 4.52. The molecule has 1 aliphatic rings. The monoisotopic (exact) mass is 229 g/mol. The summed E-state index contributed by atoms with van der Waals surface area (Å²) >= 11 is 0. The summed E-state index contributed by atoms with van der Waals surface area (Å²) in [4.78, 5) is 0. The van der Waals surface area contributed by atoms with Crippen LogP contribution in [0.2, 0.25) is 0 Å². The van der Waals surface area contributed by atoms with Gasteiger partial charge in [0.15, 0.2) is 0 Å². The lowest BCUT2D eigenvalue weighted by Gasteiger charge is -2.06. The van der Waals surface area contributed by atoms with E-state index in [4.69, 9.17) is 9.47 Å². The Kier molecular flexibility index (Phi) is 4.77. The minimum atomic E-state index is 0.483. The number of nitrogens with one attached hydrogen (secondary N) is 1. The second-order valence-electron chi connectivity index (χ2n) is 5.81. The highest BCUT2D eigenvalue weighted by atomic mass is 16.5. The molecule has 0 aromatic rings. The molecule has 0 aliphatic heterocycles. The van der Waals surface area contributed by atoms with Crippen molar-refractivity contribution in [2.45, 2.75) is 27.7 Å². The lowest BCUT2D eigenvalue weighted by atomic mass is 10.0. The lowest BCUT2D eigenvalue weighted by molar-refractivity contribution is 0.0718. The average molecular weight is 229 g/mol. The van der Waals surface area contributed by atoms with Crippen LogP contribution in [0.15, 0.2) is 0 Å². The molecule has 1 rings (SSSR count). The van der Waals surface area contributed by atoms with E-state index in [-0.39, 0.29) is 0 Å². The number of methoxy groups -OCH3 is 1. The van der Waals surface area contributed by atoms with E-state index in [9.17, 15) is 0 Å². The molecule has 16 heavy (non-hydrogen) atoms. The van der Waals surface area contributed by atoms with Crippen LogP contribution >= 0.6 is 0 Å². The SMILES string of the molecule is COCCOCCNCC1C(C)(C)C1(C)C. The van der Waals surface area contributed by atoms with Crippen molar-refractivity contribution in [3.63, 3.8) is 0 Å². The topological polar surface area (TPSA) is 30.5 Å². The van der Waals surface area contributed by atoms with Crippen LogP contribution in [-0.2, 0) is 9.47 Å². The van der Waals surface area contributed by atoms with Gasteiger partial charge in [0.05, 0.1) is 19.8 Å². The zero-order valence-corrected chi connectivity index (χ0v) is 11.4. The van der Waals surface area contributed by atoms with Crippen LogP contribution in [0.4, 0.5) is 0 Å². The summed E-state index contributed by atoms with van der Waals surface area (Å²) in [6.45, 7) is 13.6. The van der Waals surface area contributed by atoms with Gasteiger partial charge in [0.25, 0.3) is 0 Å². The van der Waals surface area contributed by atoms with E-state index in [1.165, 1.54) is 0 Å². The summed E-state index contributed by atoms with van der Waals surface area (Å²) < 4.78 is 10.3. The second kappa shape index (κ2) is 5.48. The van der Waals surface area contributed by atoms with E-state index in [1.54, 1.807) is 7.11 Å². The minimum Gasteiger partial charge on any atom is -0.382 e. The van der Waals surface area contributed by atoms with Crippen molar-refractivity contribution >= 4 is 0 Å². The van der Waals surface area contributed by atoms with Gasteiger partial charge >= 0.3 is 0 Å². The van der Waals surface area contributed by atoms with Gasteiger partial charge in [-0.05, 0) is 23.3 Å². The molecule has 0 amide bonds. The normalized spacial score (nSPS) is 22.3. The average Bonchev–Trinajstić information content (AvgIpc) is 2.58. The predicted octanol–water partition coefficient (Wildman–Crippen LogP) is 1.92. The van der Waals surface area contributed by atoms with E-state index in [1.807, 2.05) is 0 Å². The first kappa shape index (κ1) is 13.9. The van der Waals surface area contributed by atoms with Crippen molar-refractivity contribution in [2.24, 2.45) is 16.7 Å². The van der Waals surface area contributed by atoms with Crippen LogP contribution < -0.4 is 5.32 Å². The summed E-state index contributed by atoms with van der Waals surface area (Å²) in [7, 11) is 1.69. The van der Waals surface area contributed by atoms with Crippen molar-refractivity contribution < 1.29 is 9.47 Å². The molecule has 0 radical (unpaired) electrons. The Morgan fingerprint density at radius 2 is 1.62 bits per heavy atom. The molecule has 1 fully saturated rings. The maximum atomic E-state index is 5.39. The third kappa shape index (κ3) is 2.96. The fourth-order valence-corrected chi connectivity index (χ4v) is 2.48. The molecule has 0 aromatic carbocycles. The van der Waals surface area contributed by atoms with Gasteiger partial charge in [-0.15, -0.1) is 0 Å². The maximum Gasteiger partial charge on any atom is 0.0700 e. The Hall–Kier alpha value is -0.120. The molecule has 3 heteroatoms. The third-order valence-corrected chi connectivity index (χ3v) is 4.52. The zero-order chi connectivity index (χ0) is 12.2. The maximum absolute atomic E-state index is 5.39. The van der Waals surface area contributed by atoms with Crippen molar-refractivity contribution in [1.29, 1.82) is 0 Å². The number of rotatable bonds is 8. The fourth-order valence-electron chi connectivity index (χ4n) is 2.48. The lowest BCUT2D eigenvalue weighted by Crippen LogP contribution is -2.24. The van der Waals surface area contributed by atoms with E-state index < -0.39 is 0 Å². The highest BCUT2D eigenvalue weighted by molar-refractivity contribution is 5.12. The van der Waals surface area contributed by atoms with Crippen LogP contribution in [-0.4, -0.2) is 40.0 Å². The molecule has 3 nitrogen and oxygen atoms in total. The molecule has 1 saturated carbocycles. The summed E-state index contributed by atoms with van der Waals surface area (Å²) in [5, 5.41) is 3.47. The number of ether oxygens (including phenoxy) is 2. The van der Waals surface area contributed by atoms with Gasteiger partial charge in [0.1, 0.15) is 0 Å². The van der Waals surface area contributed by atoms with Crippen LogP contribution in [0.25, 0.3) is 0 Å². The fraction of sp³-hybridized carbons (Fsp3) is 1.00. The second-order valence-corrected chi connectivity index (χ2v) is 5.81. The van der Waals surface area contributed by atoms with Crippen LogP contribution in [0.3, 0.4) is 0 Å². The first-order valence-corrected chi connectivity index (χ1v) is 6.22. The van der Waals surface area contributed by atoms with Gasteiger partial charge in [0.2, 0.25) is 0 Å². The van der Waals surface area contributed by atoms with Gasteiger partial charge in [-0.1, -0.05) is 27.7 Å². The first-order valence-electron chi connectivity index (χ1n) is 6.22. The van der Waals surface area contributed by atoms with Gasteiger partial charge in [-0.3, -0.25) is 0 Å². The molecule has 0 atom stereocenters. The summed E-state index contributed by atoms with van der Waals surface area (Å²) in [5.74, 6) is 0.791. The summed E-state index contributed by atoms with van der Waals surface area (Å²) in [6.07, 6.45) is 0. The van der Waals surface area contributed by atoms with Crippen LogP contribution in [0, 0.1) is 16.7 Å². The molecule has 0 spiro atoms. The molecule has 0 bridgehead atoms. The Labute approximate surface area is 99.9 Å². The largest absolute Gasteiger partial charge is 0.382 e. The Morgan fingerprint density at radius 1 is 1.00 bits per heavy atom. The van der Waals surface area contributed by atoms with E-state index in [2.05, 4.69) is 33.0 Å². The molecule has 1 N–H and O–H groups in total. The van der Waals surface area contributed by atoms with E-state index in [0.29, 0.717) is 24.0 Å². The zero-order valence-electron chi connectivity index (χ0n) is 11.4. The standard InChI is InChI=1S/C13H27NO2/c1-12(2)11(13(12,3)4)10-14-6-7-16-9-8-15-5/h11,14H,6-10H2,1-5H3. The van der Waals surface area contributed by atoms with Crippen molar-refractivity contribution in [1.82, 2.24) is 5.32 Å². The van der Waals surface area contributed by atoms with Gasteiger partial charge in [-0.2, -0.15) is 0 Å². The number of hydrogen-bond donors (Lipinski definition) is 1. The molecule has 0 unspecified atom stereocenters. The molecular formula is C13H27NO2. The molecule has 0 heterocycles. The summed E-state index contributed by atoms with van der Waals surface area (Å²) in [6, 6.07) is 0. The van der Waals surface area contributed by atoms with Gasteiger partial charge < -0.3 is 14.8 Å². The highest BCUT2D eigenvalue weighted by Crippen LogP contribution is 2.67. The quantitative estimate of drug-likeness (QED) is 0.645. The van der Waals surface area contributed by atoms with Gasteiger partial charge in [-0.25, -0.2) is 0 Å². The first-order chi connectivity index (χ1) is 7.44. The Balaban J connectivity index is 1.97. The van der Waals surface area contributed by atoms with E-state index in [0.717, 1.165) is 25.6 Å². The smallest absolute Gasteiger partial charge is 0.0700 e. The molecular weight excluding hydrogens is 202 g/mol. The van der Waals surface area contributed by atoms with E-state index >= 15 is 0 Å².